The van der Waals surface area contributed by atoms with Crippen molar-refractivity contribution in [1.82, 2.24) is 0 Å². The van der Waals surface area contributed by atoms with Gasteiger partial charge in [-0.15, -0.1) is 0 Å². The third-order valence-electron chi connectivity index (χ3n) is 9.25. The van der Waals surface area contributed by atoms with Crippen molar-refractivity contribution in [2.24, 2.45) is 10.8 Å². The highest BCUT2D eigenvalue weighted by Gasteiger charge is 2.67. The van der Waals surface area contributed by atoms with Gasteiger partial charge in [-0.2, -0.15) is 0 Å². The Bertz CT molecular complexity index is 1600. The zero-order valence-corrected chi connectivity index (χ0v) is 21.9. The molecule has 0 saturated heterocycles. The van der Waals surface area contributed by atoms with Gasteiger partial charge in [-0.05, 0) is 73.4 Å². The Morgan fingerprint density at radius 3 is 2.39 bits per heavy atom. The minimum Gasteiger partial charge on any atom is -0.508 e. The Balaban J connectivity index is 1.55. The highest BCUT2D eigenvalue weighted by Crippen LogP contribution is 2.62. The summed E-state index contributed by atoms with van der Waals surface area (Å²) in [5.41, 5.74) is 0.987. The normalized spacial score (nSPS) is 30.0. The van der Waals surface area contributed by atoms with Crippen LogP contribution in [0.3, 0.4) is 0 Å². The van der Waals surface area contributed by atoms with Crippen molar-refractivity contribution in [2.75, 3.05) is 0 Å². The van der Waals surface area contributed by atoms with Crippen molar-refractivity contribution in [2.45, 2.75) is 59.0 Å². The van der Waals surface area contributed by atoms with Gasteiger partial charge in [0.25, 0.3) is 0 Å². The summed E-state index contributed by atoms with van der Waals surface area (Å²) < 4.78 is 0. The van der Waals surface area contributed by atoms with Crippen molar-refractivity contribution >= 4 is 29.0 Å². The summed E-state index contributed by atoms with van der Waals surface area (Å²) in [5, 5.41) is 34.3. The lowest BCUT2D eigenvalue weighted by Gasteiger charge is -2.56. The van der Waals surface area contributed by atoms with Gasteiger partial charge in [-0.1, -0.05) is 55.8 Å². The number of aromatic hydroxyl groups is 1. The van der Waals surface area contributed by atoms with Crippen LogP contribution in [0.25, 0.3) is 11.6 Å². The molecule has 2 aromatic rings. The lowest BCUT2D eigenvalue weighted by Crippen LogP contribution is -2.63. The van der Waals surface area contributed by atoms with Crippen LogP contribution in [0.5, 0.6) is 5.75 Å². The van der Waals surface area contributed by atoms with Crippen LogP contribution in [-0.2, 0) is 22.4 Å². The van der Waals surface area contributed by atoms with Gasteiger partial charge < -0.3 is 15.3 Å². The van der Waals surface area contributed by atoms with E-state index in [2.05, 4.69) is 18.2 Å². The highest BCUT2D eigenvalue weighted by atomic mass is 16.3. The molecule has 0 aliphatic heterocycles. The Labute approximate surface area is 221 Å². The molecule has 0 spiro atoms. The summed E-state index contributed by atoms with van der Waals surface area (Å²) in [7, 11) is 0. The van der Waals surface area contributed by atoms with E-state index in [1.165, 1.54) is 18.6 Å². The van der Waals surface area contributed by atoms with Crippen LogP contribution in [0.2, 0.25) is 0 Å². The molecule has 0 bridgehead atoms. The van der Waals surface area contributed by atoms with E-state index in [1.807, 2.05) is 25.1 Å². The molecule has 0 fully saturated rings. The number of carbonyl (C=O) groups is 3. The zero-order valence-electron chi connectivity index (χ0n) is 21.9. The second-order valence-electron chi connectivity index (χ2n) is 12.0. The molecule has 6 nitrogen and oxygen atoms in total. The highest BCUT2D eigenvalue weighted by molar-refractivity contribution is 6.25. The van der Waals surface area contributed by atoms with Crippen molar-refractivity contribution in [1.29, 1.82) is 0 Å². The molecule has 38 heavy (non-hydrogen) atoms. The first kappa shape index (κ1) is 24.6. The summed E-state index contributed by atoms with van der Waals surface area (Å²) >= 11 is 0. The summed E-state index contributed by atoms with van der Waals surface area (Å²) in [6.45, 7) is 6.58. The van der Waals surface area contributed by atoms with Gasteiger partial charge in [-0.25, -0.2) is 0 Å². The van der Waals surface area contributed by atoms with Crippen LogP contribution in [-0.4, -0.2) is 38.3 Å². The van der Waals surface area contributed by atoms with E-state index in [0.717, 1.165) is 16.7 Å². The number of phenols is 1. The van der Waals surface area contributed by atoms with Crippen LogP contribution < -0.4 is 0 Å². The predicted molar refractivity (Wildman–Crippen MR) is 143 cm³/mol. The fourth-order valence-corrected chi connectivity index (χ4v) is 7.78. The third-order valence-corrected chi connectivity index (χ3v) is 9.25. The van der Waals surface area contributed by atoms with Crippen molar-refractivity contribution in [3.8, 4) is 5.75 Å². The fourth-order valence-electron chi connectivity index (χ4n) is 7.78. The number of allylic oxidation sites excluding steroid dienone is 3. The number of benzene rings is 2. The molecule has 0 radical (unpaired) electrons. The van der Waals surface area contributed by atoms with E-state index < -0.39 is 39.5 Å². The van der Waals surface area contributed by atoms with Gasteiger partial charge >= 0.3 is 0 Å². The van der Waals surface area contributed by atoms with E-state index in [0.29, 0.717) is 24.0 Å². The second-order valence-corrected chi connectivity index (χ2v) is 12.0. The van der Waals surface area contributed by atoms with Crippen LogP contribution in [0.1, 0.15) is 73.1 Å². The van der Waals surface area contributed by atoms with Crippen molar-refractivity contribution < 1.29 is 29.7 Å². The largest absolute Gasteiger partial charge is 0.508 e. The molecule has 0 amide bonds. The SMILES string of the molecule is CC(=O)C1=C(C)C[C@@]2(C)C[C@@]3(C)Cc4c(C5=Cc6ccccc6C5)ccc(O)c4C(=O)C3=C(O)[C@@]2(O)C1=O. The standard InChI is InChI=1S/C32H30O6/c1-16-13-31(4)15-30(3)14-22-21(20-11-18-7-5-6-8-19(18)12-20)9-10-23(34)25(22)27(35)26(30)29(37)32(31,38)28(36)24(16)17(2)33/h5-11,34,37-38H,12-15H2,1-4H3/t30-,31+,32+/m1/s1. The smallest absolute Gasteiger partial charge is 0.206 e. The summed E-state index contributed by atoms with van der Waals surface area (Å²) in [6.07, 6.45) is 3.62. The topological polar surface area (TPSA) is 112 Å². The first-order valence-corrected chi connectivity index (χ1v) is 12.9. The average molecular weight is 511 g/mol. The molecule has 4 aliphatic carbocycles. The maximum atomic E-state index is 14.1. The average Bonchev–Trinajstić information content (AvgIpc) is 3.25. The Morgan fingerprint density at radius 2 is 1.71 bits per heavy atom. The van der Waals surface area contributed by atoms with Crippen molar-refractivity contribution in [3.05, 3.63) is 86.7 Å². The Morgan fingerprint density at radius 1 is 1.00 bits per heavy atom. The zero-order chi connectivity index (χ0) is 27.4. The number of hydrogen-bond donors (Lipinski definition) is 3. The van der Waals surface area contributed by atoms with Crippen LogP contribution >= 0.6 is 0 Å². The first-order valence-electron chi connectivity index (χ1n) is 12.9. The molecule has 0 heterocycles. The van der Waals surface area contributed by atoms with Crippen molar-refractivity contribution in [3.63, 3.8) is 0 Å². The molecular weight excluding hydrogens is 480 g/mol. The lowest BCUT2D eigenvalue weighted by molar-refractivity contribution is -0.157. The monoisotopic (exact) mass is 510 g/mol. The molecule has 6 heteroatoms. The molecule has 0 saturated carbocycles. The summed E-state index contributed by atoms with van der Waals surface area (Å²) in [6, 6.07) is 11.4. The number of rotatable bonds is 2. The minimum absolute atomic E-state index is 0.0584. The lowest BCUT2D eigenvalue weighted by atomic mass is 9.48. The predicted octanol–water partition coefficient (Wildman–Crippen LogP) is 5.07. The molecule has 2 aromatic carbocycles. The summed E-state index contributed by atoms with van der Waals surface area (Å²) in [5.74, 6) is -2.85. The molecule has 3 N–H and O–H groups in total. The summed E-state index contributed by atoms with van der Waals surface area (Å²) in [4.78, 5) is 40.0. The first-order chi connectivity index (χ1) is 17.8. The van der Waals surface area contributed by atoms with E-state index >= 15 is 0 Å². The fraction of sp³-hybridized carbons (Fsp3) is 0.344. The van der Waals surface area contributed by atoms with Gasteiger partial charge in [0.2, 0.25) is 5.78 Å². The van der Waals surface area contributed by atoms with E-state index in [-0.39, 0.29) is 35.3 Å². The number of carbonyl (C=O) groups excluding carboxylic acids is 3. The minimum atomic E-state index is -2.40. The molecule has 0 aromatic heterocycles. The maximum absolute atomic E-state index is 14.1. The van der Waals surface area contributed by atoms with Crippen LogP contribution in [0, 0.1) is 10.8 Å². The van der Waals surface area contributed by atoms with E-state index in [1.54, 1.807) is 13.8 Å². The third kappa shape index (κ3) is 2.95. The maximum Gasteiger partial charge on any atom is 0.206 e. The molecule has 194 valence electrons. The van der Waals surface area contributed by atoms with Gasteiger partial charge in [0.1, 0.15) is 11.5 Å². The number of ketones is 3. The van der Waals surface area contributed by atoms with Crippen LogP contribution in [0.4, 0.5) is 0 Å². The Hall–Kier alpha value is -3.77. The van der Waals surface area contributed by atoms with Crippen LogP contribution in [0.15, 0.2) is 58.9 Å². The Kier molecular flexibility index (Phi) is 4.94. The van der Waals surface area contributed by atoms with E-state index in [4.69, 9.17) is 0 Å². The van der Waals surface area contributed by atoms with Gasteiger partial charge in [0.15, 0.2) is 17.2 Å². The molecule has 3 atom stereocenters. The number of phenolic OH excluding ortho intramolecular Hbond substituents is 1. The molecular formula is C32H30O6. The molecule has 4 aliphatic rings. The molecule has 6 rings (SSSR count). The number of fused-ring (bicyclic) bond motifs is 4. The quantitative estimate of drug-likeness (QED) is 0.487. The van der Waals surface area contributed by atoms with Gasteiger partial charge in [-0.3, -0.25) is 14.4 Å². The van der Waals surface area contributed by atoms with E-state index in [9.17, 15) is 29.7 Å². The number of aliphatic hydroxyl groups is 2. The molecule has 0 unspecified atom stereocenters. The number of aliphatic hydroxyl groups excluding tert-OH is 1. The number of hydrogen-bond acceptors (Lipinski definition) is 6. The number of Topliss-reactive ketones (excluding diaryl/α,β-unsaturated/α-hetero) is 3. The second kappa shape index (κ2) is 7.64. The van der Waals surface area contributed by atoms with Gasteiger partial charge in [0, 0.05) is 16.4 Å². The van der Waals surface area contributed by atoms with Gasteiger partial charge in [0.05, 0.1) is 11.1 Å².